The Bertz CT molecular complexity index is 513. The van der Waals surface area contributed by atoms with Crippen molar-refractivity contribution in [3.8, 4) is 0 Å². The summed E-state index contributed by atoms with van der Waals surface area (Å²) in [5.74, 6) is 0. The van der Waals surface area contributed by atoms with E-state index in [4.69, 9.17) is 10.6 Å². The third-order valence-corrected chi connectivity index (χ3v) is 3.39. The Morgan fingerprint density at radius 3 is 2.58 bits per heavy atom. The smallest absolute Gasteiger partial charge is 0.465 e. The number of rotatable bonds is 4. The van der Waals surface area contributed by atoms with Gasteiger partial charge in [0.1, 0.15) is 6.10 Å². The quantitative estimate of drug-likeness (QED) is 0.271. The number of hydrogen-bond acceptors (Lipinski definition) is 5. The number of alkyl halides is 3. The van der Waals surface area contributed by atoms with Crippen LogP contribution in [-0.4, -0.2) is 55.3 Å². The van der Waals surface area contributed by atoms with Crippen molar-refractivity contribution in [1.82, 2.24) is 4.90 Å². The highest BCUT2D eigenvalue weighted by atomic mass is 32.2. The number of azide groups is 1. The van der Waals surface area contributed by atoms with Gasteiger partial charge in [0, 0.05) is 11.5 Å². The summed E-state index contributed by atoms with van der Waals surface area (Å²) in [7, 11) is -5.82. The zero-order valence-corrected chi connectivity index (χ0v) is 9.80. The fraction of sp³-hybridized carbons (Fsp3) is 0.833. The molecule has 1 aliphatic heterocycles. The standard InChI is InChI=1S/C6H7F3N4O5S/c7-6(8,9)19(16,17)18-4-2-13(5(14)15)3(4)1-11-12-10/h3-4H,1-2H2,(H,14,15)/t3-,4+/m1/s1. The monoisotopic (exact) mass is 304 g/mol. The number of carbonyl (C=O) groups is 1. The minimum Gasteiger partial charge on any atom is -0.465 e. The minimum absolute atomic E-state index is 0.527. The van der Waals surface area contributed by atoms with Crippen molar-refractivity contribution >= 4 is 16.2 Å². The van der Waals surface area contributed by atoms with Crippen LogP contribution in [0, 0.1) is 0 Å². The molecule has 0 radical (unpaired) electrons. The Morgan fingerprint density at radius 1 is 1.58 bits per heavy atom. The zero-order chi connectivity index (χ0) is 14.8. The van der Waals surface area contributed by atoms with Crippen LogP contribution in [0.3, 0.4) is 0 Å². The first kappa shape index (κ1) is 15.3. The van der Waals surface area contributed by atoms with Crippen molar-refractivity contribution in [2.24, 2.45) is 5.11 Å². The van der Waals surface area contributed by atoms with Crippen molar-refractivity contribution in [3.05, 3.63) is 10.4 Å². The molecular weight excluding hydrogens is 297 g/mol. The topological polar surface area (TPSA) is 133 Å². The first-order valence-corrected chi connectivity index (χ1v) is 6.01. The molecule has 0 bridgehead atoms. The Morgan fingerprint density at radius 2 is 2.16 bits per heavy atom. The Hall–Kier alpha value is -1.72. The predicted molar refractivity (Wildman–Crippen MR) is 52.4 cm³/mol. The number of halogens is 3. The van der Waals surface area contributed by atoms with E-state index in [1.54, 1.807) is 0 Å². The fourth-order valence-electron chi connectivity index (χ4n) is 1.38. The van der Waals surface area contributed by atoms with E-state index < -0.39 is 47.0 Å². The van der Waals surface area contributed by atoms with Crippen LogP contribution in [0.1, 0.15) is 0 Å². The molecule has 1 aliphatic rings. The molecule has 0 saturated carbocycles. The van der Waals surface area contributed by atoms with Gasteiger partial charge in [0.25, 0.3) is 0 Å². The Balaban J connectivity index is 2.80. The summed E-state index contributed by atoms with van der Waals surface area (Å²) in [4.78, 5) is 13.6. The Kier molecular flexibility index (Phi) is 4.12. The molecule has 0 spiro atoms. The van der Waals surface area contributed by atoms with E-state index >= 15 is 0 Å². The first-order chi connectivity index (χ1) is 8.60. The van der Waals surface area contributed by atoms with Gasteiger partial charge in [0.2, 0.25) is 0 Å². The van der Waals surface area contributed by atoms with Crippen LogP contribution in [0.15, 0.2) is 5.11 Å². The highest BCUT2D eigenvalue weighted by molar-refractivity contribution is 7.87. The lowest BCUT2D eigenvalue weighted by molar-refractivity contribution is -0.0746. The molecule has 1 amide bonds. The van der Waals surface area contributed by atoms with Gasteiger partial charge in [-0.1, -0.05) is 5.11 Å². The molecule has 2 atom stereocenters. The van der Waals surface area contributed by atoms with Crippen LogP contribution in [0.2, 0.25) is 0 Å². The zero-order valence-electron chi connectivity index (χ0n) is 8.98. The minimum atomic E-state index is -5.82. The van der Waals surface area contributed by atoms with Crippen molar-refractivity contribution in [3.63, 3.8) is 0 Å². The highest BCUT2D eigenvalue weighted by Gasteiger charge is 2.53. The normalized spacial score (nSPS) is 23.4. The maximum absolute atomic E-state index is 12.1. The lowest BCUT2D eigenvalue weighted by atomic mass is 10.0. The van der Waals surface area contributed by atoms with Crippen LogP contribution >= 0.6 is 0 Å². The maximum atomic E-state index is 12.1. The van der Waals surface area contributed by atoms with Crippen LogP contribution in [-0.2, 0) is 14.3 Å². The van der Waals surface area contributed by atoms with Crippen LogP contribution in [0.25, 0.3) is 10.4 Å². The third kappa shape index (κ3) is 3.19. The molecule has 108 valence electrons. The second kappa shape index (κ2) is 5.11. The van der Waals surface area contributed by atoms with Crippen molar-refractivity contribution < 1.29 is 35.7 Å². The molecule has 1 fully saturated rings. The summed E-state index contributed by atoms with van der Waals surface area (Å²) >= 11 is 0. The van der Waals surface area contributed by atoms with E-state index in [9.17, 15) is 26.4 Å². The highest BCUT2D eigenvalue weighted by Crippen LogP contribution is 2.30. The molecule has 1 heterocycles. The number of likely N-dealkylation sites (tertiary alicyclic amines) is 1. The van der Waals surface area contributed by atoms with Crippen molar-refractivity contribution in [1.29, 1.82) is 0 Å². The molecule has 9 nitrogen and oxygen atoms in total. The van der Waals surface area contributed by atoms with E-state index in [2.05, 4.69) is 14.2 Å². The number of carboxylic acid groups (broad SMARTS) is 1. The fourth-order valence-corrected chi connectivity index (χ4v) is 2.01. The molecule has 0 aliphatic carbocycles. The summed E-state index contributed by atoms with van der Waals surface area (Å²) < 4.78 is 61.5. The molecule has 19 heavy (non-hydrogen) atoms. The van der Waals surface area contributed by atoms with Crippen molar-refractivity contribution in [2.45, 2.75) is 17.7 Å². The molecule has 0 aromatic rings. The molecule has 0 aromatic heterocycles. The van der Waals surface area contributed by atoms with E-state index in [1.165, 1.54) is 0 Å². The third-order valence-electron chi connectivity index (χ3n) is 2.32. The second-order valence-corrected chi connectivity index (χ2v) is 5.01. The summed E-state index contributed by atoms with van der Waals surface area (Å²) in [5, 5.41) is 11.6. The van der Waals surface area contributed by atoms with Gasteiger partial charge in [-0.2, -0.15) is 21.6 Å². The largest absolute Gasteiger partial charge is 0.523 e. The SMILES string of the molecule is [N-]=[N+]=NC[C@@H]1[C@@H](OS(=O)(=O)C(F)(F)F)CN1C(=O)O. The molecule has 0 unspecified atom stereocenters. The molecular formula is C6H7F3N4O5S. The predicted octanol–water partition coefficient (Wildman–Crippen LogP) is 0.894. The lowest BCUT2D eigenvalue weighted by Crippen LogP contribution is -2.64. The molecule has 1 rings (SSSR count). The van der Waals surface area contributed by atoms with Gasteiger partial charge in [-0.15, -0.1) is 0 Å². The average molecular weight is 304 g/mol. The van der Waals surface area contributed by atoms with E-state index in [0.29, 0.717) is 4.90 Å². The van der Waals surface area contributed by atoms with Gasteiger partial charge in [0.05, 0.1) is 12.6 Å². The number of nitrogens with zero attached hydrogens (tertiary/aromatic N) is 4. The van der Waals surface area contributed by atoms with Crippen LogP contribution in [0.4, 0.5) is 18.0 Å². The summed E-state index contributed by atoms with van der Waals surface area (Å²) in [6.45, 7) is -1.09. The maximum Gasteiger partial charge on any atom is 0.523 e. The average Bonchev–Trinajstić information content (AvgIpc) is 2.22. The van der Waals surface area contributed by atoms with Crippen LogP contribution in [0.5, 0.6) is 0 Å². The van der Waals surface area contributed by atoms with Gasteiger partial charge in [-0.05, 0) is 5.53 Å². The van der Waals surface area contributed by atoms with Crippen molar-refractivity contribution in [2.75, 3.05) is 13.1 Å². The summed E-state index contributed by atoms with van der Waals surface area (Å²) in [5.41, 5.74) is 2.46. The van der Waals surface area contributed by atoms with Gasteiger partial charge < -0.3 is 5.11 Å². The molecule has 1 N–H and O–H groups in total. The summed E-state index contributed by atoms with van der Waals surface area (Å²) in [6, 6.07) is -1.27. The van der Waals surface area contributed by atoms with Gasteiger partial charge in [-0.3, -0.25) is 9.08 Å². The number of amides is 1. The van der Waals surface area contributed by atoms with Gasteiger partial charge in [-0.25, -0.2) is 4.79 Å². The van der Waals surface area contributed by atoms with E-state index in [-0.39, 0.29) is 0 Å². The summed E-state index contributed by atoms with van der Waals surface area (Å²) in [6.07, 6.45) is -3.02. The van der Waals surface area contributed by atoms with Gasteiger partial charge in [0.15, 0.2) is 0 Å². The molecule has 1 saturated heterocycles. The van der Waals surface area contributed by atoms with E-state index in [0.717, 1.165) is 0 Å². The number of hydrogen-bond donors (Lipinski definition) is 1. The lowest BCUT2D eigenvalue weighted by Gasteiger charge is -2.44. The van der Waals surface area contributed by atoms with Gasteiger partial charge >= 0.3 is 21.7 Å². The first-order valence-electron chi connectivity index (χ1n) is 4.60. The molecule has 0 aromatic carbocycles. The second-order valence-electron chi connectivity index (χ2n) is 3.45. The molecule has 13 heteroatoms. The Labute approximate surface area is 104 Å². The van der Waals surface area contributed by atoms with Crippen LogP contribution < -0.4 is 0 Å². The van der Waals surface area contributed by atoms with E-state index in [1.807, 2.05) is 0 Å².